The molecule has 0 aliphatic heterocycles. The predicted octanol–water partition coefficient (Wildman–Crippen LogP) is 4.71. The minimum Gasteiger partial charge on any atom is -0.313 e. The highest BCUT2D eigenvalue weighted by Crippen LogP contribution is 2.36. The first-order chi connectivity index (χ1) is 8.69. The Morgan fingerprint density at radius 3 is 2.50 bits per heavy atom. The van der Waals surface area contributed by atoms with Gasteiger partial charge in [0.25, 0.3) is 0 Å². The lowest BCUT2D eigenvalue weighted by Gasteiger charge is -2.40. The molecule has 0 saturated heterocycles. The Kier molecular flexibility index (Phi) is 8.41. The monoisotopic (exact) mass is 271 g/mol. The van der Waals surface area contributed by atoms with Crippen molar-refractivity contribution in [2.75, 3.05) is 12.3 Å². The first-order valence-corrected chi connectivity index (χ1v) is 9.08. The van der Waals surface area contributed by atoms with Crippen LogP contribution in [0.2, 0.25) is 0 Å². The van der Waals surface area contributed by atoms with Gasteiger partial charge in [0.1, 0.15) is 0 Å². The van der Waals surface area contributed by atoms with Crippen LogP contribution >= 0.6 is 11.8 Å². The van der Waals surface area contributed by atoms with Crippen LogP contribution in [0.4, 0.5) is 0 Å². The van der Waals surface area contributed by atoms with Crippen molar-refractivity contribution in [3.8, 4) is 0 Å². The lowest BCUT2D eigenvalue weighted by atomic mass is 9.80. The van der Waals surface area contributed by atoms with E-state index in [1.165, 1.54) is 50.8 Å². The van der Waals surface area contributed by atoms with Crippen molar-refractivity contribution in [3.05, 3.63) is 0 Å². The van der Waals surface area contributed by atoms with Gasteiger partial charge >= 0.3 is 0 Å². The van der Waals surface area contributed by atoms with E-state index >= 15 is 0 Å². The van der Waals surface area contributed by atoms with E-state index in [-0.39, 0.29) is 0 Å². The summed E-state index contributed by atoms with van der Waals surface area (Å²) in [6.07, 6.45) is 8.21. The zero-order chi connectivity index (χ0) is 13.4. The summed E-state index contributed by atoms with van der Waals surface area (Å²) in [5.74, 6) is 3.15. The highest BCUT2D eigenvalue weighted by molar-refractivity contribution is 7.99. The first-order valence-electron chi connectivity index (χ1n) is 8.04. The van der Waals surface area contributed by atoms with E-state index in [1.807, 2.05) is 0 Å². The highest BCUT2D eigenvalue weighted by atomic mass is 32.2. The van der Waals surface area contributed by atoms with Crippen molar-refractivity contribution in [1.82, 2.24) is 5.32 Å². The van der Waals surface area contributed by atoms with Gasteiger partial charge < -0.3 is 5.32 Å². The van der Waals surface area contributed by atoms with Gasteiger partial charge in [0, 0.05) is 11.3 Å². The molecule has 0 aromatic carbocycles. The zero-order valence-electron chi connectivity index (χ0n) is 12.9. The van der Waals surface area contributed by atoms with Gasteiger partial charge in [-0.2, -0.15) is 11.8 Å². The molecule has 0 radical (unpaired) electrons. The van der Waals surface area contributed by atoms with Gasteiger partial charge in [-0.3, -0.25) is 0 Å². The van der Waals surface area contributed by atoms with Crippen molar-refractivity contribution >= 4 is 11.8 Å². The van der Waals surface area contributed by atoms with Gasteiger partial charge in [-0.25, -0.2) is 0 Å². The van der Waals surface area contributed by atoms with Gasteiger partial charge in [-0.15, -0.1) is 0 Å². The lowest BCUT2D eigenvalue weighted by Crippen LogP contribution is -2.46. The molecule has 1 N–H and O–H groups in total. The fraction of sp³-hybridized carbons (Fsp3) is 1.00. The first kappa shape index (κ1) is 16.4. The Hall–Kier alpha value is 0.310. The average molecular weight is 272 g/mol. The molecule has 1 fully saturated rings. The van der Waals surface area contributed by atoms with Gasteiger partial charge in [0.15, 0.2) is 0 Å². The lowest BCUT2D eigenvalue weighted by molar-refractivity contribution is 0.249. The van der Waals surface area contributed by atoms with Crippen LogP contribution < -0.4 is 5.32 Å². The van der Waals surface area contributed by atoms with Crippen LogP contribution in [0.5, 0.6) is 0 Å². The number of hydrogen-bond acceptors (Lipinski definition) is 2. The standard InChI is InChI=1S/C16H33NS/c1-5-7-8-10-18-16-14(4)11-13(3)12-15(16)17-9-6-2/h13-17H,5-12H2,1-4H3. The topological polar surface area (TPSA) is 12.0 Å². The molecule has 0 aromatic heterocycles. The molecule has 1 saturated carbocycles. The van der Waals surface area contributed by atoms with Crippen LogP contribution in [0.15, 0.2) is 0 Å². The molecule has 4 atom stereocenters. The smallest absolute Gasteiger partial charge is 0.0226 e. The summed E-state index contributed by atoms with van der Waals surface area (Å²) in [7, 11) is 0. The molecule has 18 heavy (non-hydrogen) atoms. The minimum atomic E-state index is 0.760. The molecular weight excluding hydrogens is 238 g/mol. The van der Waals surface area contributed by atoms with Crippen LogP contribution in [-0.2, 0) is 0 Å². The maximum Gasteiger partial charge on any atom is 0.0226 e. The molecule has 2 heteroatoms. The maximum atomic E-state index is 3.80. The quantitative estimate of drug-likeness (QED) is 0.642. The number of unbranched alkanes of at least 4 members (excludes halogenated alkanes) is 2. The molecule has 0 amide bonds. The van der Waals surface area contributed by atoms with E-state index in [0.717, 1.165) is 23.1 Å². The summed E-state index contributed by atoms with van der Waals surface area (Å²) in [5.41, 5.74) is 0. The van der Waals surface area contributed by atoms with E-state index in [0.29, 0.717) is 0 Å². The molecule has 1 aliphatic carbocycles. The van der Waals surface area contributed by atoms with Crippen LogP contribution in [0.3, 0.4) is 0 Å². The van der Waals surface area contributed by atoms with Gasteiger partial charge in [-0.1, -0.05) is 40.5 Å². The third-order valence-electron chi connectivity index (χ3n) is 4.10. The Bertz CT molecular complexity index is 207. The Labute approximate surface area is 119 Å². The molecule has 1 rings (SSSR count). The fourth-order valence-corrected chi connectivity index (χ4v) is 4.73. The van der Waals surface area contributed by atoms with E-state index in [1.54, 1.807) is 0 Å². The second-order valence-corrected chi connectivity index (χ2v) is 7.44. The molecule has 0 bridgehead atoms. The average Bonchev–Trinajstić information content (AvgIpc) is 2.34. The zero-order valence-corrected chi connectivity index (χ0v) is 13.7. The molecule has 108 valence electrons. The number of rotatable bonds is 8. The summed E-state index contributed by atoms with van der Waals surface area (Å²) >= 11 is 2.24. The van der Waals surface area contributed by atoms with Crippen molar-refractivity contribution in [3.63, 3.8) is 0 Å². The number of nitrogens with one attached hydrogen (secondary N) is 1. The second kappa shape index (κ2) is 9.25. The van der Waals surface area contributed by atoms with E-state index in [2.05, 4.69) is 44.8 Å². The summed E-state index contributed by atoms with van der Waals surface area (Å²) in [6, 6.07) is 0.760. The predicted molar refractivity (Wildman–Crippen MR) is 85.4 cm³/mol. The second-order valence-electron chi connectivity index (χ2n) is 6.16. The number of hydrogen-bond donors (Lipinski definition) is 1. The van der Waals surface area contributed by atoms with Gasteiger partial charge in [-0.05, 0) is 49.8 Å². The molecule has 1 nitrogen and oxygen atoms in total. The summed E-state index contributed by atoms with van der Waals surface area (Å²) in [4.78, 5) is 0. The summed E-state index contributed by atoms with van der Waals surface area (Å²) < 4.78 is 0. The van der Waals surface area contributed by atoms with E-state index in [4.69, 9.17) is 0 Å². The Morgan fingerprint density at radius 1 is 1.06 bits per heavy atom. The molecule has 4 unspecified atom stereocenters. The van der Waals surface area contributed by atoms with Crippen molar-refractivity contribution in [2.45, 2.75) is 77.5 Å². The van der Waals surface area contributed by atoms with E-state index in [9.17, 15) is 0 Å². The van der Waals surface area contributed by atoms with Crippen molar-refractivity contribution in [2.24, 2.45) is 11.8 Å². The largest absolute Gasteiger partial charge is 0.313 e. The Balaban J connectivity index is 2.41. The molecule has 0 heterocycles. The molecule has 1 aliphatic rings. The molecule has 0 spiro atoms. The maximum absolute atomic E-state index is 3.80. The molecule has 0 aromatic rings. The minimum absolute atomic E-state index is 0.760. The van der Waals surface area contributed by atoms with Gasteiger partial charge in [0.05, 0.1) is 0 Å². The van der Waals surface area contributed by atoms with Crippen LogP contribution in [0, 0.1) is 11.8 Å². The van der Waals surface area contributed by atoms with Crippen molar-refractivity contribution in [1.29, 1.82) is 0 Å². The van der Waals surface area contributed by atoms with Crippen molar-refractivity contribution < 1.29 is 0 Å². The normalized spacial score (nSPS) is 32.7. The summed E-state index contributed by atoms with van der Waals surface area (Å²) in [5, 5.41) is 4.65. The molecular formula is C16H33NS. The number of thioether (sulfide) groups is 1. The third-order valence-corrected chi connectivity index (χ3v) is 5.81. The van der Waals surface area contributed by atoms with Crippen LogP contribution in [0.1, 0.15) is 66.2 Å². The van der Waals surface area contributed by atoms with Crippen LogP contribution in [0.25, 0.3) is 0 Å². The highest BCUT2D eigenvalue weighted by Gasteiger charge is 2.33. The SMILES string of the molecule is CCCCCSC1C(C)CC(C)CC1NCCC. The van der Waals surface area contributed by atoms with Gasteiger partial charge in [0.2, 0.25) is 0 Å². The van der Waals surface area contributed by atoms with Crippen LogP contribution in [-0.4, -0.2) is 23.6 Å². The third kappa shape index (κ3) is 5.52. The summed E-state index contributed by atoms with van der Waals surface area (Å²) in [6.45, 7) is 10.6. The Morgan fingerprint density at radius 2 is 1.83 bits per heavy atom. The van der Waals surface area contributed by atoms with E-state index < -0.39 is 0 Å². The fourth-order valence-electron chi connectivity index (χ4n) is 3.21.